The molecule has 0 radical (unpaired) electrons. The van der Waals surface area contributed by atoms with Gasteiger partial charge in [0.2, 0.25) is 11.9 Å². The SMILES string of the molecule is CC.CC1=C(C(=O)Nc2ccc3[nH]nc(-c4cc(N5CCN(C)[C@@H](C)C5)ncn4)c3c2)[C@@H](C)n2nnnc2N1C.CCN1CCN(c2cc(-c3n[nH]c4ccc(NC(=O)C5=C(C)N(C)c6nnnn6[C@@H]5C)cc34)ncn2)C[C@@H]1C. The van der Waals surface area contributed by atoms with Gasteiger partial charge in [-0.3, -0.25) is 24.7 Å². The number of benzene rings is 2. The lowest BCUT2D eigenvalue weighted by Gasteiger charge is -2.39. The van der Waals surface area contributed by atoms with Crippen LogP contribution in [-0.4, -0.2) is 181 Å². The van der Waals surface area contributed by atoms with Crippen LogP contribution in [-0.2, 0) is 9.59 Å². The molecule has 0 bridgehead atoms. The molecule has 0 saturated carbocycles. The maximum absolute atomic E-state index is 13.5. The first kappa shape index (κ1) is 53.6. The number of rotatable bonds is 9. The number of carbonyl (C=O) groups excluding carboxylic acids is 2. The molecule has 2 amide bonds. The summed E-state index contributed by atoms with van der Waals surface area (Å²) in [5.41, 5.74) is 8.70. The molecule has 10 heterocycles. The zero-order valence-corrected chi connectivity index (χ0v) is 46.8. The molecule has 4 atom stereocenters. The molecule has 79 heavy (non-hydrogen) atoms. The van der Waals surface area contributed by atoms with Gasteiger partial charge in [-0.2, -0.15) is 10.2 Å². The number of nitrogens with zero attached hydrogens (tertiary/aromatic N) is 20. The first-order chi connectivity index (χ1) is 38.2. The molecule has 4 aliphatic rings. The molecular weight excluding hydrogens is 1000 g/mol. The predicted octanol–water partition coefficient (Wildman–Crippen LogP) is 5.56. The van der Waals surface area contributed by atoms with E-state index in [1.807, 2.05) is 114 Å². The van der Waals surface area contributed by atoms with Crippen LogP contribution in [0.15, 0.2) is 83.7 Å². The van der Waals surface area contributed by atoms with Crippen LogP contribution >= 0.6 is 0 Å². The van der Waals surface area contributed by atoms with Crippen LogP contribution in [0.1, 0.15) is 74.4 Å². The van der Waals surface area contributed by atoms with E-state index in [0.29, 0.717) is 57.9 Å². The van der Waals surface area contributed by atoms with Gasteiger partial charge in [0.1, 0.15) is 35.7 Å². The number of likely N-dealkylation sites (N-methyl/N-ethyl adjacent to an activating group) is 2. The van der Waals surface area contributed by atoms with Crippen molar-refractivity contribution in [2.24, 2.45) is 0 Å². The third-order valence-electron chi connectivity index (χ3n) is 15.6. The van der Waals surface area contributed by atoms with E-state index in [0.717, 1.165) is 102 Å². The summed E-state index contributed by atoms with van der Waals surface area (Å²) in [5.74, 6) is 2.57. The predicted molar refractivity (Wildman–Crippen MR) is 303 cm³/mol. The van der Waals surface area contributed by atoms with E-state index in [-0.39, 0.29) is 23.9 Å². The number of aromatic amines is 2. The minimum Gasteiger partial charge on any atom is -0.354 e. The molecule has 0 spiro atoms. The Morgan fingerprint density at radius 1 is 0.608 bits per heavy atom. The number of hydrogen-bond acceptors (Lipinski definition) is 20. The highest BCUT2D eigenvalue weighted by molar-refractivity contribution is 6.08. The summed E-state index contributed by atoms with van der Waals surface area (Å²) in [6, 6.07) is 15.6. The maximum Gasteiger partial charge on any atom is 0.255 e. The fourth-order valence-corrected chi connectivity index (χ4v) is 10.7. The molecule has 26 heteroatoms. The molecule has 412 valence electrons. The number of tetrazole rings is 2. The van der Waals surface area contributed by atoms with Gasteiger partial charge in [0.05, 0.1) is 45.7 Å². The van der Waals surface area contributed by atoms with Crippen molar-refractivity contribution >= 4 is 68.5 Å². The molecule has 4 aliphatic heterocycles. The summed E-state index contributed by atoms with van der Waals surface area (Å²) >= 11 is 0. The molecule has 4 N–H and O–H groups in total. The first-order valence-corrected chi connectivity index (χ1v) is 26.8. The Bertz CT molecular complexity index is 3590. The van der Waals surface area contributed by atoms with Crippen molar-refractivity contribution in [3.63, 3.8) is 0 Å². The number of H-pyrrole nitrogens is 2. The highest BCUT2D eigenvalue weighted by atomic mass is 16.2. The average Bonchev–Trinajstić information content (AvgIpc) is 4.47. The summed E-state index contributed by atoms with van der Waals surface area (Å²) in [6.07, 6.45) is 3.18. The Hall–Kier alpha value is -8.78. The van der Waals surface area contributed by atoms with Crippen LogP contribution in [0.25, 0.3) is 44.6 Å². The van der Waals surface area contributed by atoms with E-state index < -0.39 is 0 Å². The topological polar surface area (TPSA) is 274 Å². The van der Waals surface area contributed by atoms with Crippen molar-refractivity contribution in [3.8, 4) is 22.8 Å². The van der Waals surface area contributed by atoms with Crippen molar-refractivity contribution < 1.29 is 9.59 Å². The zero-order chi connectivity index (χ0) is 55.8. The number of fused-ring (bicyclic) bond motifs is 4. The van der Waals surface area contributed by atoms with Gasteiger partial charge in [0, 0.05) is 111 Å². The van der Waals surface area contributed by atoms with E-state index in [9.17, 15) is 9.59 Å². The lowest BCUT2D eigenvalue weighted by molar-refractivity contribution is -0.114. The second-order valence-electron chi connectivity index (χ2n) is 20.1. The Balaban J connectivity index is 0.000000173. The summed E-state index contributed by atoms with van der Waals surface area (Å²) in [6.45, 7) is 25.0. The van der Waals surface area contributed by atoms with E-state index in [2.05, 4.69) is 129 Å². The third-order valence-corrected chi connectivity index (χ3v) is 15.6. The summed E-state index contributed by atoms with van der Waals surface area (Å²) < 4.78 is 3.29. The monoisotopic (exact) mass is 1070 g/mol. The molecule has 12 rings (SSSR count). The van der Waals surface area contributed by atoms with E-state index in [1.165, 1.54) is 0 Å². The first-order valence-electron chi connectivity index (χ1n) is 26.8. The van der Waals surface area contributed by atoms with Crippen molar-refractivity contribution in [2.45, 2.75) is 86.5 Å². The number of carbonyl (C=O) groups is 2. The van der Waals surface area contributed by atoms with Crippen LogP contribution in [0.5, 0.6) is 0 Å². The van der Waals surface area contributed by atoms with Crippen molar-refractivity contribution in [3.05, 3.63) is 83.7 Å². The second-order valence-corrected chi connectivity index (χ2v) is 20.1. The molecule has 0 unspecified atom stereocenters. The van der Waals surface area contributed by atoms with Crippen LogP contribution in [0.4, 0.5) is 34.9 Å². The van der Waals surface area contributed by atoms with Crippen LogP contribution in [0, 0.1) is 0 Å². The van der Waals surface area contributed by atoms with Gasteiger partial charge in [0.15, 0.2) is 0 Å². The van der Waals surface area contributed by atoms with Crippen molar-refractivity contribution in [1.29, 1.82) is 0 Å². The zero-order valence-electron chi connectivity index (χ0n) is 46.8. The van der Waals surface area contributed by atoms with Crippen LogP contribution in [0.2, 0.25) is 0 Å². The number of anilines is 6. The summed E-state index contributed by atoms with van der Waals surface area (Å²) in [7, 11) is 5.84. The largest absolute Gasteiger partial charge is 0.354 e. The Morgan fingerprint density at radius 2 is 1.06 bits per heavy atom. The number of allylic oxidation sites excluding steroid dienone is 2. The van der Waals surface area contributed by atoms with Crippen molar-refractivity contribution in [2.75, 3.05) is 97.2 Å². The number of piperazine rings is 2. The van der Waals surface area contributed by atoms with E-state index in [4.69, 9.17) is 0 Å². The number of nitrogens with one attached hydrogen (secondary N) is 4. The molecule has 6 aromatic heterocycles. The molecule has 0 aliphatic carbocycles. The minimum absolute atomic E-state index is 0.206. The Labute approximate surface area is 457 Å². The molecule has 2 fully saturated rings. The maximum atomic E-state index is 13.5. The Morgan fingerprint density at radius 3 is 1.51 bits per heavy atom. The molecule has 2 saturated heterocycles. The number of amides is 2. The smallest absolute Gasteiger partial charge is 0.255 e. The van der Waals surface area contributed by atoms with Gasteiger partial charge >= 0.3 is 0 Å². The van der Waals surface area contributed by atoms with Crippen LogP contribution in [0.3, 0.4) is 0 Å². The van der Waals surface area contributed by atoms with Gasteiger partial charge in [-0.25, -0.2) is 29.3 Å². The van der Waals surface area contributed by atoms with Gasteiger partial charge in [-0.05, 0) is 112 Å². The number of hydrogen-bond donors (Lipinski definition) is 4. The van der Waals surface area contributed by atoms with Gasteiger partial charge in [-0.15, -0.1) is 0 Å². The summed E-state index contributed by atoms with van der Waals surface area (Å²) in [5, 5.41) is 46.9. The fraction of sp³-hybridized carbons (Fsp3) is 0.434. The molecular formula is C53H68N24O2. The lowest BCUT2D eigenvalue weighted by Crippen LogP contribution is -2.52. The van der Waals surface area contributed by atoms with E-state index in [1.54, 1.807) is 22.0 Å². The minimum atomic E-state index is -0.305. The quantitative estimate of drug-likeness (QED) is 0.138. The van der Waals surface area contributed by atoms with E-state index >= 15 is 0 Å². The van der Waals surface area contributed by atoms with Crippen molar-refractivity contribution in [1.82, 2.24) is 90.5 Å². The Kier molecular flexibility index (Phi) is 15.1. The highest BCUT2D eigenvalue weighted by Gasteiger charge is 2.35. The third kappa shape index (κ3) is 10.2. The normalized spacial score (nSPS) is 19.7. The molecule has 8 aromatic rings. The molecule has 26 nitrogen and oxygen atoms in total. The van der Waals surface area contributed by atoms with Gasteiger partial charge in [-0.1, -0.05) is 31.0 Å². The van der Waals surface area contributed by atoms with Gasteiger partial charge < -0.3 is 35.1 Å². The highest BCUT2D eigenvalue weighted by Crippen LogP contribution is 2.36. The summed E-state index contributed by atoms with van der Waals surface area (Å²) in [4.78, 5) is 58.1. The lowest BCUT2D eigenvalue weighted by atomic mass is 10.0. The van der Waals surface area contributed by atoms with Crippen LogP contribution < -0.4 is 30.2 Å². The fourth-order valence-electron chi connectivity index (χ4n) is 10.7. The second kappa shape index (κ2) is 22.3. The number of aromatic nitrogens is 16. The molecule has 2 aromatic carbocycles. The average molecular weight is 1070 g/mol. The van der Waals surface area contributed by atoms with Gasteiger partial charge in [0.25, 0.3) is 11.8 Å². The standard InChI is InChI=1S/C26H32N12O.C25H30N12O.C2H6/c1-6-36-9-10-37(13-15(36)2)22-12-21(27-14-28-22)24-19-11-18(7-8-20(19)30-31-24)29-25(39)23-16(3)35(5)26-32-33-34-38(26)17(23)4;1-14-12-36(9-8-34(14)4)21-11-20(26-13-27-21)23-18-10-17(6-7-19(18)29-30-23)28-24(38)22-15(2)35(5)25-31-32-33-37(25)16(22)3;1-2/h7-8,11-12,14-15,17H,6,9-10,13H2,1-5H3,(H,29,39)(H,30,31);6-7,10-11,13-14,16H,8-9,12H2,1-5H3,(H,28,38)(H,29,30);1-2H3/t15-,17+;14-,16+;/m00./s1.